The number of nitrogens with zero attached hydrogens (tertiary/aromatic N) is 3. The number of benzene rings is 2. The molecule has 0 unspecified atom stereocenters. The maximum Gasteiger partial charge on any atom is 0.416 e. The Morgan fingerprint density at radius 3 is 2.37 bits per heavy atom. The lowest BCUT2D eigenvalue weighted by atomic mass is 9.86. The molecule has 0 spiro atoms. The second-order valence-electron chi connectivity index (χ2n) is 10.9. The van der Waals surface area contributed by atoms with Crippen LogP contribution in [0.1, 0.15) is 54.0 Å². The Balaban J connectivity index is 1.40. The number of carbonyl (C=O) groups excluding carboxylic acids is 2. The summed E-state index contributed by atoms with van der Waals surface area (Å²) in [5, 5.41) is 11.4. The van der Waals surface area contributed by atoms with Crippen molar-refractivity contribution in [2.24, 2.45) is 5.92 Å². The minimum absolute atomic E-state index is 0.00416. The smallest absolute Gasteiger partial charge is 0.326 e. The normalized spacial score (nSPS) is 17.4. The topological polar surface area (TPSA) is 103 Å². The van der Waals surface area contributed by atoms with E-state index in [-0.39, 0.29) is 29.7 Å². The summed E-state index contributed by atoms with van der Waals surface area (Å²) in [6.07, 6.45) is 0.864. The van der Waals surface area contributed by atoms with Gasteiger partial charge >= 0.3 is 18.1 Å². The number of hydrogen-bond acceptors (Lipinski definition) is 5. The molecule has 220 valence electrons. The van der Waals surface area contributed by atoms with Crippen LogP contribution >= 0.6 is 0 Å². The van der Waals surface area contributed by atoms with Crippen molar-refractivity contribution in [2.45, 2.75) is 58.2 Å². The number of nitrogens with one attached hydrogen (secondary N) is 3. The first-order chi connectivity index (χ1) is 19.4. The number of anilines is 3. The maximum atomic E-state index is 13.6. The first kappa shape index (κ1) is 30.0. The zero-order valence-corrected chi connectivity index (χ0v) is 23.6. The molecule has 9 nitrogen and oxygen atoms in total. The highest BCUT2D eigenvalue weighted by molar-refractivity contribution is 6.00. The molecule has 1 saturated carbocycles. The molecule has 1 aromatic heterocycles. The van der Waals surface area contributed by atoms with Gasteiger partial charge in [0.2, 0.25) is 11.2 Å². The van der Waals surface area contributed by atoms with Crippen molar-refractivity contribution >= 4 is 29.2 Å². The lowest BCUT2D eigenvalue weighted by molar-refractivity contribution is -0.787. The van der Waals surface area contributed by atoms with Crippen LogP contribution in [0.15, 0.2) is 47.1 Å². The van der Waals surface area contributed by atoms with Gasteiger partial charge in [-0.15, -0.1) is 0 Å². The van der Waals surface area contributed by atoms with Gasteiger partial charge in [0.15, 0.2) is 6.04 Å². The third-order valence-electron chi connectivity index (χ3n) is 7.40. The Morgan fingerprint density at radius 2 is 1.71 bits per heavy atom. The van der Waals surface area contributed by atoms with E-state index in [4.69, 9.17) is 4.52 Å². The summed E-state index contributed by atoms with van der Waals surface area (Å²) in [5.74, 6) is 0.216. The lowest BCUT2D eigenvalue weighted by Gasteiger charge is -2.26. The number of aryl methyl sites for hydroxylation is 1. The van der Waals surface area contributed by atoms with Gasteiger partial charge in [-0.1, -0.05) is 18.2 Å². The van der Waals surface area contributed by atoms with E-state index in [0.717, 1.165) is 61.1 Å². The van der Waals surface area contributed by atoms with Crippen molar-refractivity contribution in [1.82, 2.24) is 10.2 Å². The summed E-state index contributed by atoms with van der Waals surface area (Å²) >= 11 is 0. The van der Waals surface area contributed by atoms with Crippen LogP contribution in [0, 0.1) is 19.8 Å². The van der Waals surface area contributed by atoms with E-state index in [2.05, 4.69) is 40.2 Å². The molecule has 12 heteroatoms. The number of halogens is 3. The summed E-state index contributed by atoms with van der Waals surface area (Å²) in [7, 11) is 4.12. The number of carbonyl (C=O) groups is 2. The van der Waals surface area contributed by atoms with Crippen molar-refractivity contribution in [3.63, 3.8) is 0 Å². The van der Waals surface area contributed by atoms with Crippen LogP contribution in [0.25, 0.3) is 0 Å². The van der Waals surface area contributed by atoms with Gasteiger partial charge in [-0.25, -0.2) is 4.79 Å². The highest BCUT2D eigenvalue weighted by Gasteiger charge is 2.32. The van der Waals surface area contributed by atoms with E-state index in [9.17, 15) is 22.8 Å². The molecule has 1 aliphatic rings. The predicted octanol–water partition coefficient (Wildman–Crippen LogP) is 5.72. The fraction of sp³-hybridized carbons (Fsp3) is 0.448. The largest absolute Gasteiger partial charge is 0.416 e. The summed E-state index contributed by atoms with van der Waals surface area (Å²) in [5.41, 5.74) is 1.48. The number of urea groups is 1. The summed E-state index contributed by atoms with van der Waals surface area (Å²) < 4.78 is 47.7. The zero-order valence-electron chi connectivity index (χ0n) is 23.6. The van der Waals surface area contributed by atoms with Gasteiger partial charge in [0, 0.05) is 30.8 Å². The Bertz CT molecular complexity index is 1380. The molecule has 0 bridgehead atoms. The van der Waals surface area contributed by atoms with Crippen molar-refractivity contribution < 1.29 is 32.0 Å². The Morgan fingerprint density at radius 1 is 1.02 bits per heavy atom. The summed E-state index contributed by atoms with van der Waals surface area (Å²) in [6.45, 7) is 4.84. The minimum atomic E-state index is -4.69. The molecule has 3 amide bonds. The van der Waals surface area contributed by atoms with Gasteiger partial charge < -0.3 is 15.5 Å². The van der Waals surface area contributed by atoms with Crippen LogP contribution in [0.4, 0.5) is 35.2 Å². The van der Waals surface area contributed by atoms with Crippen molar-refractivity contribution in [1.29, 1.82) is 0 Å². The Labute approximate surface area is 237 Å². The standard InChI is InChI=1S/C29H35F3N6O3/c1-18-6-5-7-21(19(18)2)12-26(39)33-23-13-22(29(30,31)32)14-24(15-23)34-28(40)35-27-17-38(36-41-27)25-10-8-20(9-11-25)16-37(3)4/h5-7,13-15,17,20,25H,8-12,16H2,1-4H3,(H2-,33,34,35,36,39,40)/p+1. The molecule has 3 aromatic rings. The van der Waals surface area contributed by atoms with Crippen LogP contribution in [0.3, 0.4) is 0 Å². The molecule has 2 aromatic carbocycles. The number of hydrogen-bond donors (Lipinski definition) is 3. The highest BCUT2D eigenvalue weighted by atomic mass is 19.4. The lowest BCUT2D eigenvalue weighted by Crippen LogP contribution is -2.43. The fourth-order valence-corrected chi connectivity index (χ4v) is 5.19. The van der Waals surface area contributed by atoms with E-state index >= 15 is 0 Å². The van der Waals surface area contributed by atoms with E-state index < -0.39 is 23.7 Å². The Kier molecular flexibility index (Phi) is 9.31. The SMILES string of the molecule is Cc1cccc(CC(=O)Nc2cc(NC(=O)Nc3c[n+](C4CCC(CN(C)C)CC4)no3)cc(C(F)(F)F)c2)c1C. The molecule has 1 heterocycles. The van der Waals surface area contributed by atoms with E-state index in [1.54, 1.807) is 16.9 Å². The fourth-order valence-electron chi connectivity index (χ4n) is 5.19. The first-order valence-electron chi connectivity index (χ1n) is 13.6. The summed E-state index contributed by atoms with van der Waals surface area (Å²) in [4.78, 5) is 27.5. The Hall–Kier alpha value is -3.93. The van der Waals surface area contributed by atoms with Crippen LogP contribution in [0.5, 0.6) is 0 Å². The molecule has 41 heavy (non-hydrogen) atoms. The van der Waals surface area contributed by atoms with Crippen molar-refractivity contribution in [2.75, 3.05) is 36.6 Å². The molecule has 0 radical (unpaired) electrons. The van der Waals surface area contributed by atoms with Gasteiger partial charge in [-0.3, -0.25) is 14.6 Å². The van der Waals surface area contributed by atoms with Gasteiger partial charge in [0.25, 0.3) is 6.20 Å². The molecule has 1 fully saturated rings. The van der Waals surface area contributed by atoms with E-state index in [1.807, 2.05) is 26.0 Å². The molecule has 0 aliphatic heterocycles. The number of aromatic nitrogens is 2. The number of amides is 3. The van der Waals surface area contributed by atoms with Crippen molar-refractivity contribution in [3.05, 3.63) is 64.8 Å². The third kappa shape index (κ3) is 8.29. The summed E-state index contributed by atoms with van der Waals surface area (Å²) in [6, 6.07) is 7.77. The second-order valence-corrected chi connectivity index (χ2v) is 10.9. The van der Waals surface area contributed by atoms with Crippen molar-refractivity contribution in [3.8, 4) is 0 Å². The average Bonchev–Trinajstić information content (AvgIpc) is 3.34. The molecule has 0 saturated heterocycles. The maximum absolute atomic E-state index is 13.6. The molecule has 3 N–H and O–H groups in total. The van der Waals surface area contributed by atoms with Gasteiger partial charge in [0.05, 0.1) is 12.0 Å². The van der Waals surface area contributed by atoms with Crippen LogP contribution in [-0.4, -0.2) is 42.7 Å². The van der Waals surface area contributed by atoms with E-state index in [1.165, 1.54) is 6.07 Å². The van der Waals surface area contributed by atoms with Crippen LogP contribution < -0.4 is 20.6 Å². The third-order valence-corrected chi connectivity index (χ3v) is 7.40. The predicted molar refractivity (Wildman–Crippen MR) is 149 cm³/mol. The minimum Gasteiger partial charge on any atom is -0.326 e. The first-order valence-corrected chi connectivity index (χ1v) is 13.6. The average molecular weight is 574 g/mol. The second kappa shape index (κ2) is 12.7. The van der Waals surface area contributed by atoms with E-state index in [0.29, 0.717) is 5.92 Å². The molecular formula is C29H36F3N6O3+. The number of alkyl halides is 3. The monoisotopic (exact) mass is 573 g/mol. The molecule has 4 rings (SSSR count). The van der Waals surface area contributed by atoms with Crippen LogP contribution in [0.2, 0.25) is 0 Å². The molecular weight excluding hydrogens is 537 g/mol. The quantitative estimate of drug-likeness (QED) is 0.299. The molecule has 0 atom stereocenters. The molecule has 1 aliphatic carbocycles. The van der Waals surface area contributed by atoms with Gasteiger partial charge in [0.1, 0.15) is 0 Å². The van der Waals surface area contributed by atoms with Gasteiger partial charge in [-0.05, 0) is 86.3 Å². The zero-order chi connectivity index (χ0) is 29.7. The highest BCUT2D eigenvalue weighted by Crippen LogP contribution is 2.34. The van der Waals surface area contributed by atoms with Gasteiger partial charge in [-0.2, -0.15) is 13.2 Å². The van der Waals surface area contributed by atoms with Crippen LogP contribution in [-0.2, 0) is 17.4 Å². The number of rotatable bonds is 8.